The van der Waals surface area contributed by atoms with E-state index in [-0.39, 0.29) is 0 Å². The van der Waals surface area contributed by atoms with Crippen molar-refractivity contribution in [3.05, 3.63) is 0 Å². The number of hydrogen-bond donors (Lipinski definition) is 0. The lowest BCUT2D eigenvalue weighted by Crippen LogP contribution is -2.16. The van der Waals surface area contributed by atoms with Gasteiger partial charge >= 0.3 is 0 Å². The first-order chi connectivity index (χ1) is 6.49. The van der Waals surface area contributed by atoms with Crippen LogP contribution in [0, 0.1) is 23.7 Å². The molecule has 0 heterocycles. The van der Waals surface area contributed by atoms with E-state index in [2.05, 4.69) is 41.5 Å². The lowest BCUT2D eigenvalue weighted by Gasteiger charge is -2.25. The van der Waals surface area contributed by atoms with Crippen molar-refractivity contribution in [3.8, 4) is 0 Å². The molecule has 0 saturated carbocycles. The van der Waals surface area contributed by atoms with Crippen molar-refractivity contribution < 1.29 is 0 Å². The molecule has 0 amide bonds. The molecule has 0 heteroatoms. The third-order valence-corrected chi connectivity index (χ3v) is 3.88. The first kappa shape index (κ1) is 14.0. The van der Waals surface area contributed by atoms with Crippen LogP contribution in [0.25, 0.3) is 0 Å². The summed E-state index contributed by atoms with van der Waals surface area (Å²) in [4.78, 5) is 0. The van der Waals surface area contributed by atoms with Crippen molar-refractivity contribution in [1.29, 1.82) is 0 Å². The summed E-state index contributed by atoms with van der Waals surface area (Å²) in [5, 5.41) is 0. The number of hydrogen-bond acceptors (Lipinski definition) is 0. The van der Waals surface area contributed by atoms with E-state index in [1.807, 2.05) is 0 Å². The van der Waals surface area contributed by atoms with Crippen molar-refractivity contribution in [2.75, 3.05) is 0 Å². The van der Waals surface area contributed by atoms with Crippen molar-refractivity contribution in [2.24, 2.45) is 23.7 Å². The summed E-state index contributed by atoms with van der Waals surface area (Å²) in [5.74, 6) is 3.57. The van der Waals surface area contributed by atoms with Gasteiger partial charge in [-0.15, -0.1) is 0 Å². The molecule has 0 nitrogen and oxygen atoms in total. The lowest BCUT2D eigenvalue weighted by atomic mass is 9.81. The standard InChI is InChI=1S/C14H30/c1-7-12(4)14(6)13(5)10-8-9-11(2)3/h11-14H,7-10H2,1-6H3. The molecule has 0 saturated heterocycles. The average Bonchev–Trinajstić information content (AvgIpc) is 2.14. The molecule has 0 radical (unpaired) electrons. The Kier molecular flexibility index (Phi) is 7.31. The van der Waals surface area contributed by atoms with Crippen LogP contribution in [-0.2, 0) is 0 Å². The molecule has 0 N–H and O–H groups in total. The van der Waals surface area contributed by atoms with E-state index in [4.69, 9.17) is 0 Å². The largest absolute Gasteiger partial charge is 0.0651 e. The van der Waals surface area contributed by atoms with E-state index >= 15 is 0 Å². The predicted octanol–water partition coefficient (Wildman–Crippen LogP) is 5.13. The van der Waals surface area contributed by atoms with Crippen LogP contribution in [0.15, 0.2) is 0 Å². The van der Waals surface area contributed by atoms with Crippen LogP contribution in [-0.4, -0.2) is 0 Å². The van der Waals surface area contributed by atoms with Gasteiger partial charge in [0.15, 0.2) is 0 Å². The van der Waals surface area contributed by atoms with Crippen LogP contribution >= 0.6 is 0 Å². The maximum Gasteiger partial charge on any atom is -0.0391 e. The first-order valence-corrected chi connectivity index (χ1v) is 6.49. The molecule has 0 fully saturated rings. The molecule has 0 rings (SSSR count). The summed E-state index contributed by atoms with van der Waals surface area (Å²) in [6.45, 7) is 14.2. The van der Waals surface area contributed by atoms with E-state index in [1.54, 1.807) is 0 Å². The minimum atomic E-state index is 0.876. The molecule has 0 aliphatic heterocycles. The zero-order valence-electron chi connectivity index (χ0n) is 11.1. The molecule has 0 aliphatic rings. The Labute approximate surface area is 91.5 Å². The van der Waals surface area contributed by atoms with Crippen LogP contribution in [0.1, 0.15) is 67.2 Å². The zero-order chi connectivity index (χ0) is 11.1. The average molecular weight is 198 g/mol. The van der Waals surface area contributed by atoms with Gasteiger partial charge in [0.1, 0.15) is 0 Å². The molecule has 3 unspecified atom stereocenters. The third kappa shape index (κ3) is 5.67. The molecule has 0 spiro atoms. The minimum Gasteiger partial charge on any atom is -0.0651 e. The first-order valence-electron chi connectivity index (χ1n) is 6.49. The van der Waals surface area contributed by atoms with Crippen LogP contribution in [0.2, 0.25) is 0 Å². The highest BCUT2D eigenvalue weighted by Gasteiger charge is 2.17. The molecule has 0 aromatic rings. The van der Waals surface area contributed by atoms with Gasteiger partial charge in [-0.25, -0.2) is 0 Å². The minimum absolute atomic E-state index is 0.876. The second kappa shape index (κ2) is 7.31. The van der Waals surface area contributed by atoms with Gasteiger partial charge in [-0.1, -0.05) is 67.2 Å². The monoisotopic (exact) mass is 198 g/mol. The quantitative estimate of drug-likeness (QED) is 0.532. The summed E-state index contributed by atoms with van der Waals surface area (Å²) >= 11 is 0. The van der Waals surface area contributed by atoms with E-state index in [0.717, 1.165) is 23.7 Å². The molecule has 3 atom stereocenters. The summed E-state index contributed by atoms with van der Waals surface area (Å²) in [7, 11) is 0. The highest BCUT2D eigenvalue weighted by molar-refractivity contribution is 4.67. The van der Waals surface area contributed by atoms with Gasteiger partial charge < -0.3 is 0 Å². The van der Waals surface area contributed by atoms with Crippen molar-refractivity contribution in [1.82, 2.24) is 0 Å². The van der Waals surface area contributed by atoms with E-state index in [9.17, 15) is 0 Å². The Morgan fingerprint density at radius 1 is 0.786 bits per heavy atom. The van der Waals surface area contributed by atoms with Crippen molar-refractivity contribution in [2.45, 2.75) is 67.2 Å². The molecule has 0 aromatic carbocycles. The van der Waals surface area contributed by atoms with Gasteiger partial charge in [0, 0.05) is 0 Å². The lowest BCUT2D eigenvalue weighted by molar-refractivity contribution is 0.252. The van der Waals surface area contributed by atoms with Gasteiger partial charge in [0.25, 0.3) is 0 Å². The Hall–Kier alpha value is 0. The van der Waals surface area contributed by atoms with Crippen molar-refractivity contribution >= 4 is 0 Å². The predicted molar refractivity (Wildman–Crippen MR) is 66.5 cm³/mol. The summed E-state index contributed by atoms with van der Waals surface area (Å²) < 4.78 is 0. The Morgan fingerprint density at radius 2 is 1.36 bits per heavy atom. The van der Waals surface area contributed by atoms with Crippen LogP contribution < -0.4 is 0 Å². The Morgan fingerprint density at radius 3 is 1.79 bits per heavy atom. The molecular weight excluding hydrogens is 168 g/mol. The Balaban J connectivity index is 3.67. The van der Waals surface area contributed by atoms with Crippen LogP contribution in [0.5, 0.6) is 0 Å². The van der Waals surface area contributed by atoms with Crippen LogP contribution in [0.4, 0.5) is 0 Å². The SMILES string of the molecule is CCC(C)C(C)C(C)CCCC(C)C. The topological polar surface area (TPSA) is 0 Å². The molecule has 0 aromatic heterocycles. The third-order valence-electron chi connectivity index (χ3n) is 3.88. The van der Waals surface area contributed by atoms with Gasteiger partial charge in [-0.05, 0) is 23.7 Å². The maximum atomic E-state index is 2.43. The Bertz CT molecular complexity index is 126. The zero-order valence-corrected chi connectivity index (χ0v) is 11.1. The molecule has 14 heavy (non-hydrogen) atoms. The maximum absolute atomic E-state index is 2.43. The van der Waals surface area contributed by atoms with Gasteiger partial charge in [-0.3, -0.25) is 0 Å². The normalized spacial score (nSPS) is 18.2. The molecular formula is C14H30. The fourth-order valence-corrected chi connectivity index (χ4v) is 2.04. The molecule has 86 valence electrons. The van der Waals surface area contributed by atoms with E-state index in [0.29, 0.717) is 0 Å². The van der Waals surface area contributed by atoms with Gasteiger partial charge in [-0.2, -0.15) is 0 Å². The van der Waals surface area contributed by atoms with Crippen molar-refractivity contribution in [3.63, 3.8) is 0 Å². The fourth-order valence-electron chi connectivity index (χ4n) is 2.04. The highest BCUT2D eigenvalue weighted by atomic mass is 14.2. The van der Waals surface area contributed by atoms with Gasteiger partial charge in [0.2, 0.25) is 0 Å². The van der Waals surface area contributed by atoms with Crippen LogP contribution in [0.3, 0.4) is 0 Å². The van der Waals surface area contributed by atoms with Gasteiger partial charge in [0.05, 0.1) is 0 Å². The second-order valence-corrected chi connectivity index (χ2v) is 5.55. The summed E-state index contributed by atoms with van der Waals surface area (Å²) in [6, 6.07) is 0. The smallest absolute Gasteiger partial charge is 0.0391 e. The summed E-state index contributed by atoms with van der Waals surface area (Å²) in [5.41, 5.74) is 0. The fraction of sp³-hybridized carbons (Fsp3) is 1.00. The number of rotatable bonds is 7. The molecule has 0 aliphatic carbocycles. The second-order valence-electron chi connectivity index (χ2n) is 5.55. The highest BCUT2D eigenvalue weighted by Crippen LogP contribution is 2.27. The molecule has 0 bridgehead atoms. The van der Waals surface area contributed by atoms with E-state index < -0.39 is 0 Å². The summed E-state index contributed by atoms with van der Waals surface area (Å²) in [6.07, 6.45) is 5.57. The van der Waals surface area contributed by atoms with E-state index in [1.165, 1.54) is 25.7 Å².